The largest absolute Gasteiger partial charge is 0.493 e. The van der Waals surface area contributed by atoms with Gasteiger partial charge in [0.1, 0.15) is 11.9 Å². The number of methoxy groups -OCH3 is 1. The van der Waals surface area contributed by atoms with Crippen LogP contribution in [-0.4, -0.2) is 36.6 Å². The van der Waals surface area contributed by atoms with Gasteiger partial charge in [-0.3, -0.25) is 4.79 Å². The van der Waals surface area contributed by atoms with Gasteiger partial charge < -0.3 is 18.8 Å². The zero-order chi connectivity index (χ0) is 26.1. The quantitative estimate of drug-likeness (QED) is 0.217. The summed E-state index contributed by atoms with van der Waals surface area (Å²) >= 11 is 0. The van der Waals surface area contributed by atoms with Gasteiger partial charge in [0.15, 0.2) is 24.7 Å². The number of Topliss-reactive ketones (excluding diaryl/α,β-unsaturated/α-hetero) is 1. The Morgan fingerprint density at radius 3 is 2.53 bits per heavy atom. The van der Waals surface area contributed by atoms with Crippen molar-refractivity contribution in [1.82, 2.24) is 4.57 Å². The van der Waals surface area contributed by atoms with Crippen LogP contribution < -0.4 is 9.47 Å². The maximum Gasteiger partial charge on any atom is 0.331 e. The highest BCUT2D eigenvalue weighted by Crippen LogP contribution is 2.28. The van der Waals surface area contributed by atoms with Crippen LogP contribution in [0.1, 0.15) is 32.9 Å². The predicted octanol–water partition coefficient (Wildman–Crippen LogP) is 4.84. The molecule has 0 spiro atoms. The lowest BCUT2D eigenvalue weighted by Gasteiger charge is -2.10. The minimum Gasteiger partial charge on any atom is -0.493 e. The van der Waals surface area contributed by atoms with Crippen LogP contribution in [0.3, 0.4) is 0 Å². The van der Waals surface area contributed by atoms with Gasteiger partial charge in [-0.15, -0.1) is 0 Å². The van der Waals surface area contributed by atoms with E-state index in [0.29, 0.717) is 35.6 Å². The second-order valence-corrected chi connectivity index (χ2v) is 8.03. The molecule has 1 heterocycles. The van der Waals surface area contributed by atoms with Crippen molar-refractivity contribution >= 4 is 17.8 Å². The number of ketones is 1. The minimum atomic E-state index is -0.655. The van der Waals surface area contributed by atoms with Crippen LogP contribution in [0.5, 0.6) is 11.5 Å². The molecule has 0 amide bonds. The van der Waals surface area contributed by atoms with Crippen molar-refractivity contribution in [3.63, 3.8) is 0 Å². The molecule has 36 heavy (non-hydrogen) atoms. The van der Waals surface area contributed by atoms with Gasteiger partial charge in [0.25, 0.3) is 0 Å². The smallest absolute Gasteiger partial charge is 0.331 e. The fourth-order valence-electron chi connectivity index (χ4n) is 3.76. The van der Waals surface area contributed by atoms with Crippen molar-refractivity contribution in [2.45, 2.75) is 26.8 Å². The second-order valence-electron chi connectivity index (χ2n) is 8.03. The molecule has 186 valence electrons. The Hall–Kier alpha value is -4.38. The summed E-state index contributed by atoms with van der Waals surface area (Å²) in [7, 11) is 1.47. The van der Waals surface area contributed by atoms with Gasteiger partial charge in [-0.1, -0.05) is 18.2 Å². The summed E-state index contributed by atoms with van der Waals surface area (Å²) in [5.74, 6) is -0.384. The van der Waals surface area contributed by atoms with E-state index in [-0.39, 0.29) is 24.8 Å². The normalized spacial score (nSPS) is 10.8. The van der Waals surface area contributed by atoms with Crippen molar-refractivity contribution in [2.24, 2.45) is 0 Å². The van der Waals surface area contributed by atoms with Gasteiger partial charge in [-0.2, -0.15) is 5.26 Å². The number of nitrogens with zero attached hydrogens (tertiary/aromatic N) is 2. The summed E-state index contributed by atoms with van der Waals surface area (Å²) < 4.78 is 30.8. The van der Waals surface area contributed by atoms with Crippen LogP contribution in [0, 0.1) is 31.0 Å². The van der Waals surface area contributed by atoms with Gasteiger partial charge in [-0.25, -0.2) is 9.18 Å². The number of nitriles is 1. The number of hydrogen-bond acceptors (Lipinski definition) is 6. The zero-order valence-corrected chi connectivity index (χ0v) is 20.4. The molecule has 0 saturated heterocycles. The average molecular weight is 491 g/mol. The highest BCUT2D eigenvalue weighted by molar-refractivity contribution is 6.00. The number of halogens is 1. The van der Waals surface area contributed by atoms with Crippen LogP contribution >= 0.6 is 0 Å². The first-order valence-corrected chi connectivity index (χ1v) is 11.3. The number of aromatic nitrogens is 1. The summed E-state index contributed by atoms with van der Waals surface area (Å²) in [5, 5.41) is 8.64. The van der Waals surface area contributed by atoms with Gasteiger partial charge in [0, 0.05) is 29.6 Å². The third kappa shape index (κ3) is 6.83. The van der Waals surface area contributed by atoms with Gasteiger partial charge >= 0.3 is 5.97 Å². The van der Waals surface area contributed by atoms with E-state index in [0.717, 1.165) is 17.0 Å². The standard InChI is InChI=1S/C28H27FN2O5/c1-19-16-24(20(2)31(19)14-12-21-4-8-23(29)9-5-21)25(32)18-36-28(33)11-7-22-6-10-26(35-15-13-30)27(17-22)34-3/h4-11,16-17H,12,14-15,18H2,1-3H3. The zero-order valence-electron chi connectivity index (χ0n) is 20.4. The average Bonchev–Trinajstić information content (AvgIpc) is 3.17. The van der Waals surface area contributed by atoms with Crippen LogP contribution in [-0.2, 0) is 22.5 Å². The third-order valence-electron chi connectivity index (χ3n) is 5.65. The van der Waals surface area contributed by atoms with E-state index in [4.69, 9.17) is 19.5 Å². The van der Waals surface area contributed by atoms with Gasteiger partial charge in [-0.05, 0) is 67.8 Å². The number of ether oxygens (including phenoxy) is 3. The van der Waals surface area contributed by atoms with E-state index in [1.54, 1.807) is 36.4 Å². The molecular formula is C28H27FN2O5. The monoisotopic (exact) mass is 490 g/mol. The second kappa shape index (κ2) is 12.4. The SMILES string of the molecule is COc1cc(C=CC(=O)OCC(=O)c2cc(C)n(CCc3ccc(F)cc3)c2C)ccc1OCC#N. The molecule has 0 aliphatic heterocycles. The van der Waals surface area contributed by atoms with Crippen LogP contribution in [0.2, 0.25) is 0 Å². The van der Waals surface area contributed by atoms with Gasteiger partial charge in [0.2, 0.25) is 5.78 Å². The molecular weight excluding hydrogens is 463 g/mol. The van der Waals surface area contributed by atoms with Crippen LogP contribution in [0.25, 0.3) is 6.08 Å². The Morgan fingerprint density at radius 1 is 1.08 bits per heavy atom. The van der Waals surface area contributed by atoms with Crippen LogP contribution in [0.4, 0.5) is 4.39 Å². The van der Waals surface area contributed by atoms with E-state index in [1.165, 1.54) is 31.4 Å². The van der Waals surface area contributed by atoms with E-state index in [1.807, 2.05) is 24.5 Å². The molecule has 0 unspecified atom stereocenters. The summed E-state index contributed by atoms with van der Waals surface area (Å²) in [6, 6.07) is 15.0. The molecule has 0 saturated carbocycles. The van der Waals surface area contributed by atoms with E-state index in [9.17, 15) is 14.0 Å². The maximum absolute atomic E-state index is 13.1. The lowest BCUT2D eigenvalue weighted by atomic mass is 10.1. The van der Waals surface area contributed by atoms with Crippen molar-refractivity contribution in [1.29, 1.82) is 5.26 Å². The summed E-state index contributed by atoms with van der Waals surface area (Å²) in [5.41, 5.74) is 3.86. The number of esters is 1. The lowest BCUT2D eigenvalue weighted by molar-refractivity contribution is -0.136. The molecule has 3 rings (SSSR count). The molecule has 1 aromatic heterocycles. The Kier molecular flexibility index (Phi) is 9.01. The van der Waals surface area contributed by atoms with Crippen molar-refractivity contribution in [3.8, 4) is 17.6 Å². The fraction of sp³-hybridized carbons (Fsp3) is 0.250. The van der Waals surface area contributed by atoms with Crippen molar-refractivity contribution < 1.29 is 28.2 Å². The molecule has 8 heteroatoms. The first kappa shape index (κ1) is 26.2. The maximum atomic E-state index is 13.1. The molecule has 0 atom stereocenters. The molecule has 0 bridgehead atoms. The number of rotatable bonds is 11. The Bertz CT molecular complexity index is 1300. The molecule has 2 aromatic carbocycles. The van der Waals surface area contributed by atoms with Crippen molar-refractivity contribution in [3.05, 3.63) is 88.5 Å². The number of benzene rings is 2. The Morgan fingerprint density at radius 2 is 1.83 bits per heavy atom. The molecule has 0 fully saturated rings. The summed E-state index contributed by atoms with van der Waals surface area (Å²) in [6.45, 7) is 3.92. The first-order chi connectivity index (χ1) is 17.3. The number of aryl methyl sites for hydroxylation is 2. The Balaban J connectivity index is 1.57. The third-order valence-corrected chi connectivity index (χ3v) is 5.65. The number of carbonyl (C=O) groups excluding carboxylic acids is 2. The highest BCUT2D eigenvalue weighted by Gasteiger charge is 2.17. The molecule has 0 aliphatic carbocycles. The molecule has 0 radical (unpaired) electrons. The summed E-state index contributed by atoms with van der Waals surface area (Å²) in [4.78, 5) is 24.9. The van der Waals surface area contributed by atoms with E-state index >= 15 is 0 Å². The topological polar surface area (TPSA) is 90.6 Å². The molecule has 3 aromatic rings. The number of carbonyl (C=O) groups is 2. The highest BCUT2D eigenvalue weighted by atomic mass is 19.1. The first-order valence-electron chi connectivity index (χ1n) is 11.3. The minimum absolute atomic E-state index is 0.109. The van der Waals surface area contributed by atoms with Crippen LogP contribution in [0.15, 0.2) is 54.6 Å². The number of hydrogen-bond donors (Lipinski definition) is 0. The molecule has 0 aliphatic rings. The Labute approximate surface area is 209 Å². The lowest BCUT2D eigenvalue weighted by Crippen LogP contribution is -2.14. The summed E-state index contributed by atoms with van der Waals surface area (Å²) in [6.07, 6.45) is 3.45. The predicted molar refractivity (Wildman–Crippen MR) is 132 cm³/mol. The van der Waals surface area contributed by atoms with E-state index in [2.05, 4.69) is 0 Å². The fourth-order valence-corrected chi connectivity index (χ4v) is 3.76. The van der Waals surface area contributed by atoms with Gasteiger partial charge in [0.05, 0.1) is 7.11 Å². The van der Waals surface area contributed by atoms with Crippen molar-refractivity contribution in [2.75, 3.05) is 20.3 Å². The van der Waals surface area contributed by atoms with E-state index < -0.39 is 5.97 Å². The molecule has 0 N–H and O–H groups in total. The molecule has 7 nitrogen and oxygen atoms in total.